The third-order valence-electron chi connectivity index (χ3n) is 5.68. The van der Waals surface area contributed by atoms with Gasteiger partial charge in [0.1, 0.15) is 5.75 Å². The zero-order chi connectivity index (χ0) is 20.4. The van der Waals surface area contributed by atoms with E-state index in [1.807, 2.05) is 30.3 Å². The van der Waals surface area contributed by atoms with E-state index in [0.29, 0.717) is 11.8 Å². The molecule has 0 spiro atoms. The van der Waals surface area contributed by atoms with E-state index in [-0.39, 0.29) is 6.04 Å². The third kappa shape index (κ3) is 4.23. The lowest BCUT2D eigenvalue weighted by molar-refractivity contribution is -0.931. The summed E-state index contributed by atoms with van der Waals surface area (Å²) in [7, 11) is 1.65. The number of halogens is 1. The maximum atomic E-state index is 6.20. The SMILES string of the molecule is COc1ccc(-c2nnc([C@H](C)[NH+]3CCN(c4cc(Cl)ccc4C)CC3)o2)cc1. The highest BCUT2D eigenvalue weighted by atomic mass is 35.5. The zero-order valence-electron chi connectivity index (χ0n) is 17.0. The van der Waals surface area contributed by atoms with Gasteiger partial charge in [-0.3, -0.25) is 0 Å². The number of quaternary nitrogens is 1. The Morgan fingerprint density at radius 2 is 1.83 bits per heavy atom. The minimum atomic E-state index is 0.150. The molecule has 0 bridgehead atoms. The quantitative estimate of drug-likeness (QED) is 0.696. The minimum absolute atomic E-state index is 0.150. The van der Waals surface area contributed by atoms with Crippen molar-refractivity contribution in [2.45, 2.75) is 19.9 Å². The third-order valence-corrected chi connectivity index (χ3v) is 5.91. The van der Waals surface area contributed by atoms with Gasteiger partial charge in [0.05, 0.1) is 33.3 Å². The van der Waals surface area contributed by atoms with E-state index in [2.05, 4.69) is 41.1 Å². The van der Waals surface area contributed by atoms with E-state index in [0.717, 1.165) is 42.5 Å². The van der Waals surface area contributed by atoms with Crippen molar-refractivity contribution in [3.05, 3.63) is 58.9 Å². The molecule has 1 aromatic heterocycles. The van der Waals surface area contributed by atoms with E-state index >= 15 is 0 Å². The molecular weight excluding hydrogens is 388 g/mol. The topological polar surface area (TPSA) is 55.8 Å². The second-order valence-electron chi connectivity index (χ2n) is 7.47. The zero-order valence-corrected chi connectivity index (χ0v) is 17.7. The van der Waals surface area contributed by atoms with Gasteiger partial charge < -0.3 is 19.0 Å². The monoisotopic (exact) mass is 413 g/mol. The van der Waals surface area contributed by atoms with Crippen molar-refractivity contribution in [1.29, 1.82) is 0 Å². The summed E-state index contributed by atoms with van der Waals surface area (Å²) >= 11 is 6.20. The number of aryl methyl sites for hydroxylation is 1. The molecular formula is C22H26ClN4O2+. The van der Waals surface area contributed by atoms with Crippen molar-refractivity contribution in [3.63, 3.8) is 0 Å². The van der Waals surface area contributed by atoms with Crippen LogP contribution in [0, 0.1) is 6.92 Å². The van der Waals surface area contributed by atoms with Crippen LogP contribution in [0.1, 0.15) is 24.4 Å². The van der Waals surface area contributed by atoms with Crippen molar-refractivity contribution in [2.24, 2.45) is 0 Å². The first-order valence-electron chi connectivity index (χ1n) is 9.88. The molecule has 0 amide bonds. The average Bonchev–Trinajstić information content (AvgIpc) is 3.25. The van der Waals surface area contributed by atoms with Crippen LogP contribution in [-0.4, -0.2) is 43.5 Å². The fraction of sp³-hybridized carbons (Fsp3) is 0.364. The molecule has 6 nitrogen and oxygen atoms in total. The Balaban J connectivity index is 1.41. The maximum absolute atomic E-state index is 6.20. The van der Waals surface area contributed by atoms with E-state index in [1.54, 1.807) is 7.11 Å². The Bertz CT molecular complexity index is 965. The predicted molar refractivity (Wildman–Crippen MR) is 114 cm³/mol. The van der Waals surface area contributed by atoms with Gasteiger partial charge in [-0.25, -0.2) is 0 Å². The predicted octanol–water partition coefficient (Wildman–Crippen LogP) is 3.17. The summed E-state index contributed by atoms with van der Waals surface area (Å²) in [6.45, 7) is 8.25. The van der Waals surface area contributed by atoms with Gasteiger partial charge in [-0.15, -0.1) is 10.2 Å². The Morgan fingerprint density at radius 3 is 2.52 bits per heavy atom. The summed E-state index contributed by atoms with van der Waals surface area (Å²) in [5, 5.41) is 9.34. The average molecular weight is 414 g/mol. The van der Waals surface area contributed by atoms with Crippen LogP contribution in [0.3, 0.4) is 0 Å². The number of anilines is 1. The number of hydrogen-bond donors (Lipinski definition) is 1. The molecule has 1 aliphatic rings. The van der Waals surface area contributed by atoms with E-state index in [4.69, 9.17) is 20.8 Å². The molecule has 7 heteroatoms. The van der Waals surface area contributed by atoms with Gasteiger partial charge in [-0.2, -0.15) is 0 Å². The molecule has 4 rings (SSSR count). The van der Waals surface area contributed by atoms with Crippen molar-refractivity contribution in [3.8, 4) is 17.2 Å². The fourth-order valence-electron chi connectivity index (χ4n) is 3.83. The summed E-state index contributed by atoms with van der Waals surface area (Å²) in [4.78, 5) is 3.86. The van der Waals surface area contributed by atoms with E-state index in [9.17, 15) is 0 Å². The highest BCUT2D eigenvalue weighted by molar-refractivity contribution is 6.30. The molecule has 1 atom stereocenters. The van der Waals surface area contributed by atoms with Crippen molar-refractivity contribution >= 4 is 17.3 Å². The molecule has 1 saturated heterocycles. The second-order valence-corrected chi connectivity index (χ2v) is 7.91. The van der Waals surface area contributed by atoms with Gasteiger partial charge in [0.2, 0.25) is 5.89 Å². The Kier molecular flexibility index (Phi) is 5.74. The van der Waals surface area contributed by atoms with Crippen molar-refractivity contribution < 1.29 is 14.1 Å². The molecule has 2 heterocycles. The molecule has 1 aliphatic heterocycles. The largest absolute Gasteiger partial charge is 0.497 e. The number of piperazine rings is 1. The number of ether oxygens (including phenoxy) is 1. The number of hydrogen-bond acceptors (Lipinski definition) is 5. The number of nitrogens with one attached hydrogen (secondary N) is 1. The minimum Gasteiger partial charge on any atom is -0.497 e. The molecule has 0 unspecified atom stereocenters. The van der Waals surface area contributed by atoms with Gasteiger partial charge >= 0.3 is 0 Å². The van der Waals surface area contributed by atoms with Gasteiger partial charge in [0, 0.05) is 16.3 Å². The van der Waals surface area contributed by atoms with Crippen LogP contribution in [0.15, 0.2) is 46.9 Å². The Labute approximate surface area is 176 Å². The summed E-state index contributed by atoms with van der Waals surface area (Å²) in [5.41, 5.74) is 3.38. The number of methoxy groups -OCH3 is 1. The van der Waals surface area contributed by atoms with Crippen LogP contribution >= 0.6 is 11.6 Å². The lowest BCUT2D eigenvalue weighted by Gasteiger charge is -2.36. The normalized spacial score (nSPS) is 16.1. The Morgan fingerprint density at radius 1 is 1.10 bits per heavy atom. The highest BCUT2D eigenvalue weighted by Gasteiger charge is 2.29. The first-order valence-corrected chi connectivity index (χ1v) is 10.3. The standard InChI is InChI=1S/C22H25ClN4O2/c1-15-4-7-18(23)14-20(15)27-12-10-26(11-13-27)16(2)21-24-25-22(29-21)17-5-8-19(28-3)9-6-17/h4-9,14,16H,10-13H2,1-3H3/p+1/t16-/m0/s1. The summed E-state index contributed by atoms with van der Waals surface area (Å²) in [5.74, 6) is 2.03. The summed E-state index contributed by atoms with van der Waals surface area (Å²) in [6, 6.07) is 13.9. The van der Waals surface area contributed by atoms with Gasteiger partial charge in [0.15, 0.2) is 6.04 Å². The number of aromatic nitrogens is 2. The first kappa shape index (κ1) is 19.7. The van der Waals surface area contributed by atoms with Gasteiger partial charge in [0.25, 0.3) is 5.89 Å². The molecule has 0 radical (unpaired) electrons. The van der Waals surface area contributed by atoms with Crippen molar-refractivity contribution in [1.82, 2.24) is 10.2 Å². The number of rotatable bonds is 5. The van der Waals surface area contributed by atoms with Crippen LogP contribution in [0.5, 0.6) is 5.75 Å². The molecule has 2 aromatic carbocycles. The van der Waals surface area contributed by atoms with Crippen molar-refractivity contribution in [2.75, 3.05) is 38.2 Å². The van der Waals surface area contributed by atoms with Crippen LogP contribution in [0.4, 0.5) is 5.69 Å². The maximum Gasteiger partial charge on any atom is 0.274 e. The summed E-state index contributed by atoms with van der Waals surface area (Å²) in [6.07, 6.45) is 0. The number of benzene rings is 2. The summed E-state index contributed by atoms with van der Waals surface area (Å²) < 4.78 is 11.2. The lowest BCUT2D eigenvalue weighted by Crippen LogP contribution is -3.14. The molecule has 1 N–H and O–H groups in total. The highest BCUT2D eigenvalue weighted by Crippen LogP contribution is 2.25. The van der Waals surface area contributed by atoms with Crippen LogP contribution in [0.25, 0.3) is 11.5 Å². The molecule has 0 aliphatic carbocycles. The lowest BCUT2D eigenvalue weighted by atomic mass is 10.1. The number of nitrogens with zero attached hydrogens (tertiary/aromatic N) is 3. The van der Waals surface area contributed by atoms with Crippen LogP contribution in [0.2, 0.25) is 5.02 Å². The molecule has 152 valence electrons. The molecule has 1 fully saturated rings. The molecule has 29 heavy (non-hydrogen) atoms. The molecule has 0 saturated carbocycles. The second kappa shape index (κ2) is 8.43. The fourth-order valence-corrected chi connectivity index (χ4v) is 3.99. The Hall–Kier alpha value is -2.57. The van der Waals surface area contributed by atoms with E-state index < -0.39 is 0 Å². The first-order chi connectivity index (χ1) is 14.0. The van der Waals surface area contributed by atoms with Gasteiger partial charge in [-0.1, -0.05) is 17.7 Å². The van der Waals surface area contributed by atoms with Crippen LogP contribution < -0.4 is 14.5 Å². The molecule has 3 aromatic rings. The van der Waals surface area contributed by atoms with Gasteiger partial charge in [-0.05, 0) is 55.8 Å². The van der Waals surface area contributed by atoms with Crippen LogP contribution in [-0.2, 0) is 0 Å². The van der Waals surface area contributed by atoms with E-state index in [1.165, 1.54) is 16.2 Å². The smallest absolute Gasteiger partial charge is 0.274 e.